The van der Waals surface area contributed by atoms with Crippen LogP contribution in [0.25, 0.3) is 0 Å². The Morgan fingerprint density at radius 3 is 2.89 bits per heavy atom. The van der Waals surface area contributed by atoms with E-state index in [1.165, 1.54) is 0 Å². The van der Waals surface area contributed by atoms with Crippen LogP contribution in [-0.2, 0) is 4.74 Å². The Labute approximate surface area is 118 Å². The van der Waals surface area contributed by atoms with E-state index in [1.807, 2.05) is 31.2 Å². The molecule has 1 aliphatic rings. The van der Waals surface area contributed by atoms with Gasteiger partial charge in [-0.3, -0.25) is 0 Å². The Bertz CT molecular complexity index is 391. The van der Waals surface area contributed by atoms with E-state index in [0.29, 0.717) is 5.75 Å². The van der Waals surface area contributed by atoms with Gasteiger partial charge in [0.1, 0.15) is 0 Å². The zero-order valence-corrected chi connectivity index (χ0v) is 12.1. The summed E-state index contributed by atoms with van der Waals surface area (Å²) in [5, 5.41) is 11.0. The number of hydrogen-bond acceptors (Lipinski definition) is 3. The number of hydrogen-bond donors (Lipinski definition) is 1. The van der Waals surface area contributed by atoms with Gasteiger partial charge in [-0.25, -0.2) is 0 Å². The van der Waals surface area contributed by atoms with Crippen molar-refractivity contribution in [3.63, 3.8) is 0 Å². The Kier molecular flexibility index (Phi) is 4.96. The summed E-state index contributed by atoms with van der Waals surface area (Å²) in [6.07, 6.45) is 2.70. The minimum Gasteiger partial charge on any atom is -0.389 e. The van der Waals surface area contributed by atoms with Crippen molar-refractivity contribution in [3.05, 3.63) is 29.3 Å². The van der Waals surface area contributed by atoms with Crippen LogP contribution >= 0.6 is 23.4 Å². The summed E-state index contributed by atoms with van der Waals surface area (Å²) in [6, 6.07) is 7.71. The second-order valence-electron chi connectivity index (χ2n) is 4.88. The Balaban J connectivity index is 1.91. The molecule has 18 heavy (non-hydrogen) atoms. The van der Waals surface area contributed by atoms with Crippen molar-refractivity contribution in [1.29, 1.82) is 0 Å². The van der Waals surface area contributed by atoms with Crippen LogP contribution in [0.15, 0.2) is 29.2 Å². The van der Waals surface area contributed by atoms with Gasteiger partial charge in [0, 0.05) is 17.3 Å². The molecular formula is C14H19ClO2S. The molecule has 0 aliphatic carbocycles. The highest BCUT2D eigenvalue weighted by molar-refractivity contribution is 7.99. The first-order valence-electron chi connectivity index (χ1n) is 6.31. The van der Waals surface area contributed by atoms with Gasteiger partial charge in [-0.05, 0) is 38.3 Å². The normalized spacial score (nSPS) is 25.9. The maximum atomic E-state index is 10.3. The molecule has 0 aromatic heterocycles. The molecule has 100 valence electrons. The molecule has 2 nitrogen and oxygen atoms in total. The maximum Gasteiger partial charge on any atom is 0.0920 e. The van der Waals surface area contributed by atoms with Crippen LogP contribution in [0.1, 0.15) is 26.2 Å². The molecule has 1 aliphatic heterocycles. The fourth-order valence-electron chi connectivity index (χ4n) is 2.13. The fourth-order valence-corrected chi connectivity index (χ4v) is 3.50. The third-order valence-electron chi connectivity index (χ3n) is 3.44. The lowest BCUT2D eigenvalue weighted by Gasteiger charge is -2.37. The molecule has 2 atom stereocenters. The van der Waals surface area contributed by atoms with Crippen LogP contribution in [0.4, 0.5) is 0 Å². The number of halogens is 1. The summed E-state index contributed by atoms with van der Waals surface area (Å²) in [5.41, 5.74) is -0.396. The van der Waals surface area contributed by atoms with Gasteiger partial charge in [-0.2, -0.15) is 0 Å². The smallest absolute Gasteiger partial charge is 0.0920 e. The number of ether oxygens (including phenoxy) is 1. The van der Waals surface area contributed by atoms with E-state index in [1.54, 1.807) is 11.8 Å². The average molecular weight is 287 g/mol. The molecule has 1 saturated heterocycles. The quantitative estimate of drug-likeness (QED) is 0.855. The molecule has 0 amide bonds. The SMILES string of the molecule is CC1(C(O)CSc2ccccc2Cl)CCCCO1. The van der Waals surface area contributed by atoms with Crippen molar-refractivity contribution in [2.45, 2.75) is 42.8 Å². The van der Waals surface area contributed by atoms with E-state index in [2.05, 4.69) is 0 Å². The van der Waals surface area contributed by atoms with Gasteiger partial charge in [-0.15, -0.1) is 11.8 Å². The number of thioether (sulfide) groups is 1. The van der Waals surface area contributed by atoms with E-state index < -0.39 is 11.7 Å². The summed E-state index contributed by atoms with van der Waals surface area (Å²) in [5.74, 6) is 0.611. The van der Waals surface area contributed by atoms with E-state index in [4.69, 9.17) is 16.3 Å². The van der Waals surface area contributed by atoms with Gasteiger partial charge >= 0.3 is 0 Å². The van der Waals surface area contributed by atoms with Gasteiger partial charge in [0.25, 0.3) is 0 Å². The molecule has 2 rings (SSSR count). The van der Waals surface area contributed by atoms with Crippen molar-refractivity contribution in [2.75, 3.05) is 12.4 Å². The number of aliphatic hydroxyl groups is 1. The Hall–Kier alpha value is -0.220. The summed E-state index contributed by atoms with van der Waals surface area (Å²) < 4.78 is 5.75. The van der Waals surface area contributed by atoms with Crippen molar-refractivity contribution in [2.24, 2.45) is 0 Å². The Morgan fingerprint density at radius 2 is 2.22 bits per heavy atom. The fraction of sp³-hybridized carbons (Fsp3) is 0.571. The van der Waals surface area contributed by atoms with E-state index in [9.17, 15) is 5.11 Å². The highest BCUT2D eigenvalue weighted by atomic mass is 35.5. The number of benzene rings is 1. The van der Waals surface area contributed by atoms with Gasteiger partial charge in [-0.1, -0.05) is 23.7 Å². The van der Waals surface area contributed by atoms with E-state index in [-0.39, 0.29) is 0 Å². The first kappa shape index (κ1) is 14.2. The second-order valence-corrected chi connectivity index (χ2v) is 6.34. The number of rotatable bonds is 4. The van der Waals surface area contributed by atoms with Crippen LogP contribution in [-0.4, -0.2) is 29.2 Å². The first-order valence-corrected chi connectivity index (χ1v) is 7.67. The zero-order chi connectivity index (χ0) is 13.0. The van der Waals surface area contributed by atoms with Crippen LogP contribution in [0.2, 0.25) is 5.02 Å². The minimum absolute atomic E-state index is 0.396. The van der Waals surface area contributed by atoms with Crippen molar-refractivity contribution < 1.29 is 9.84 Å². The topological polar surface area (TPSA) is 29.5 Å². The molecule has 0 saturated carbocycles. The molecule has 0 spiro atoms. The predicted octanol–water partition coefficient (Wildman–Crippen LogP) is 3.75. The lowest BCUT2D eigenvalue weighted by atomic mass is 9.91. The van der Waals surface area contributed by atoms with Crippen LogP contribution in [0, 0.1) is 0 Å². The lowest BCUT2D eigenvalue weighted by molar-refractivity contribution is -0.128. The maximum absolute atomic E-state index is 10.3. The van der Waals surface area contributed by atoms with E-state index >= 15 is 0 Å². The van der Waals surface area contributed by atoms with Crippen LogP contribution in [0.3, 0.4) is 0 Å². The molecule has 1 N–H and O–H groups in total. The van der Waals surface area contributed by atoms with E-state index in [0.717, 1.165) is 35.8 Å². The zero-order valence-electron chi connectivity index (χ0n) is 10.6. The van der Waals surface area contributed by atoms with Gasteiger partial charge in [0.2, 0.25) is 0 Å². The summed E-state index contributed by atoms with van der Waals surface area (Å²) in [7, 11) is 0. The van der Waals surface area contributed by atoms with Gasteiger partial charge in [0.15, 0.2) is 0 Å². The summed E-state index contributed by atoms with van der Waals surface area (Å²) in [6.45, 7) is 2.76. The third-order valence-corrected chi connectivity index (χ3v) is 5.03. The predicted molar refractivity (Wildman–Crippen MR) is 76.4 cm³/mol. The molecule has 1 fully saturated rings. The molecule has 1 aromatic rings. The summed E-state index contributed by atoms with van der Waals surface area (Å²) in [4.78, 5) is 1.01. The minimum atomic E-state index is -0.459. The lowest BCUT2D eigenvalue weighted by Crippen LogP contribution is -2.45. The third kappa shape index (κ3) is 3.41. The van der Waals surface area contributed by atoms with Crippen LogP contribution < -0.4 is 0 Å². The molecule has 0 bridgehead atoms. The van der Waals surface area contributed by atoms with Crippen molar-refractivity contribution >= 4 is 23.4 Å². The molecular weight excluding hydrogens is 268 g/mol. The monoisotopic (exact) mass is 286 g/mol. The standard InChI is InChI=1S/C14H19ClO2S/c1-14(8-4-5-9-17-14)13(16)10-18-12-7-3-2-6-11(12)15/h2-3,6-7,13,16H,4-5,8-10H2,1H3. The number of aliphatic hydroxyl groups excluding tert-OH is 1. The van der Waals surface area contributed by atoms with Gasteiger partial charge < -0.3 is 9.84 Å². The first-order chi connectivity index (χ1) is 8.62. The molecule has 1 aromatic carbocycles. The molecule has 4 heteroatoms. The Morgan fingerprint density at radius 1 is 1.44 bits per heavy atom. The molecule has 0 radical (unpaired) electrons. The van der Waals surface area contributed by atoms with Gasteiger partial charge in [0.05, 0.1) is 16.7 Å². The highest BCUT2D eigenvalue weighted by Crippen LogP contribution is 2.33. The van der Waals surface area contributed by atoms with Crippen LogP contribution in [0.5, 0.6) is 0 Å². The second kappa shape index (κ2) is 6.29. The average Bonchev–Trinajstić information content (AvgIpc) is 2.38. The molecule has 1 heterocycles. The largest absolute Gasteiger partial charge is 0.389 e. The van der Waals surface area contributed by atoms with Crippen molar-refractivity contribution in [1.82, 2.24) is 0 Å². The highest BCUT2D eigenvalue weighted by Gasteiger charge is 2.35. The van der Waals surface area contributed by atoms with Crippen molar-refractivity contribution in [3.8, 4) is 0 Å². The molecule has 2 unspecified atom stereocenters. The summed E-state index contributed by atoms with van der Waals surface area (Å²) >= 11 is 7.68.